The van der Waals surface area contributed by atoms with Crippen LogP contribution in [0.15, 0.2) is 48.5 Å². The summed E-state index contributed by atoms with van der Waals surface area (Å²) >= 11 is 3.21. The zero-order chi connectivity index (χ0) is 18.0. The van der Waals surface area contributed by atoms with E-state index < -0.39 is 5.78 Å². The first kappa shape index (κ1) is 17.2. The van der Waals surface area contributed by atoms with Crippen LogP contribution in [-0.2, 0) is 5.33 Å². The number of ketones is 1. The first-order valence-corrected chi connectivity index (χ1v) is 8.80. The highest BCUT2D eigenvalue weighted by molar-refractivity contribution is 9.08. The van der Waals surface area contributed by atoms with E-state index in [1.54, 1.807) is 42.5 Å². The zero-order valence-corrected chi connectivity index (χ0v) is 15.0. The predicted molar refractivity (Wildman–Crippen MR) is 97.7 cm³/mol. The maximum atomic E-state index is 12.9. The summed E-state index contributed by atoms with van der Waals surface area (Å²) in [6.45, 7) is 2.38. The van der Waals surface area contributed by atoms with E-state index in [0.29, 0.717) is 27.1 Å². The summed E-state index contributed by atoms with van der Waals surface area (Å²) in [5.74, 6) is 0.120. The molecule has 3 aromatic rings. The average molecular weight is 403 g/mol. The van der Waals surface area contributed by atoms with Gasteiger partial charge < -0.3 is 14.7 Å². The molecule has 6 nitrogen and oxygen atoms in total. The van der Waals surface area contributed by atoms with Gasteiger partial charge in [-0.25, -0.2) is 0 Å². The van der Waals surface area contributed by atoms with Gasteiger partial charge in [0.1, 0.15) is 17.0 Å². The highest BCUT2D eigenvalue weighted by Gasteiger charge is 2.29. The van der Waals surface area contributed by atoms with Gasteiger partial charge in [0.25, 0.3) is 11.3 Å². The quantitative estimate of drug-likeness (QED) is 0.372. The lowest BCUT2D eigenvalue weighted by Gasteiger charge is -2.17. The second-order valence-electron chi connectivity index (χ2n) is 5.29. The van der Waals surface area contributed by atoms with E-state index in [-0.39, 0.29) is 27.8 Å². The normalized spacial score (nSPS) is 10.8. The monoisotopic (exact) mass is 402 g/mol. The number of hydrogen-bond donors (Lipinski definition) is 0. The van der Waals surface area contributed by atoms with Crippen molar-refractivity contribution in [2.75, 3.05) is 6.61 Å². The number of carbonyl (C=O) groups excluding carboxylic acids is 1. The zero-order valence-electron chi connectivity index (χ0n) is 13.4. The van der Waals surface area contributed by atoms with E-state index in [1.807, 2.05) is 6.92 Å². The Hall–Kier alpha value is -2.67. The Morgan fingerprint density at radius 2 is 1.88 bits per heavy atom. The largest absolute Gasteiger partial charge is 0.805 e. The summed E-state index contributed by atoms with van der Waals surface area (Å²) in [5.41, 5.74) is 0.569. The van der Waals surface area contributed by atoms with Gasteiger partial charge in [-0.15, -0.1) is 0 Å². The van der Waals surface area contributed by atoms with Crippen LogP contribution < -0.4 is 9.16 Å². The molecule has 0 saturated heterocycles. The summed E-state index contributed by atoms with van der Waals surface area (Å²) < 4.78 is 6.50. The van der Waals surface area contributed by atoms with E-state index >= 15 is 0 Å². The number of nitrogens with zero attached hydrogens (tertiary/aromatic N) is 2. The van der Waals surface area contributed by atoms with Crippen molar-refractivity contribution in [3.05, 3.63) is 75.6 Å². The Balaban J connectivity index is 2.18. The van der Waals surface area contributed by atoms with Crippen molar-refractivity contribution in [3.8, 4) is 5.75 Å². The molecule has 0 aliphatic rings. The minimum absolute atomic E-state index is 0.0765. The van der Waals surface area contributed by atoms with Crippen LogP contribution in [0.25, 0.3) is 11.0 Å². The Kier molecular flexibility index (Phi) is 4.85. The molecule has 0 N–H and O–H groups in total. The summed E-state index contributed by atoms with van der Waals surface area (Å²) in [6.07, 6.45) is 0. The van der Waals surface area contributed by atoms with Crippen LogP contribution in [-0.4, -0.2) is 17.1 Å². The van der Waals surface area contributed by atoms with Crippen LogP contribution in [0.1, 0.15) is 28.7 Å². The maximum Gasteiger partial charge on any atom is 0.330 e. The summed E-state index contributed by atoms with van der Waals surface area (Å²) in [6, 6.07) is 12.9. The van der Waals surface area contributed by atoms with Gasteiger partial charge in [0.15, 0.2) is 0 Å². The minimum atomic E-state index is -0.511. The summed E-state index contributed by atoms with van der Waals surface area (Å²) in [7, 11) is 0. The molecule has 2 aromatic carbocycles. The molecule has 0 unspecified atom stereocenters. The number of ether oxygens (including phenoxy) is 1. The van der Waals surface area contributed by atoms with Crippen LogP contribution in [0.3, 0.4) is 0 Å². The summed E-state index contributed by atoms with van der Waals surface area (Å²) in [4.78, 5) is 25.6. The Bertz CT molecular complexity index is 996. The molecule has 1 aromatic heterocycles. The van der Waals surface area contributed by atoms with Gasteiger partial charge in [0.2, 0.25) is 0 Å². The fourth-order valence-corrected chi connectivity index (χ4v) is 3.13. The first-order valence-electron chi connectivity index (χ1n) is 7.68. The van der Waals surface area contributed by atoms with E-state index in [9.17, 15) is 14.9 Å². The third kappa shape index (κ3) is 3.02. The van der Waals surface area contributed by atoms with Gasteiger partial charge in [-0.05, 0) is 37.3 Å². The molecule has 0 atom stereocenters. The topological polar surface area (TPSA) is 77.3 Å². The lowest BCUT2D eigenvalue weighted by molar-refractivity contribution is -0.468. The standard InChI is InChI=1S/C18H15BrN2O4/c1-2-25-13-9-7-12(8-10-13)18(22)17-16(11-19)20(23)14-5-3-4-6-15(14)21(17)24/h3-10H,2,11H2,1H3. The van der Waals surface area contributed by atoms with E-state index in [2.05, 4.69) is 15.9 Å². The van der Waals surface area contributed by atoms with Crippen molar-refractivity contribution in [1.82, 2.24) is 4.73 Å². The fraction of sp³-hybridized carbons (Fsp3) is 0.167. The highest BCUT2D eigenvalue weighted by Crippen LogP contribution is 2.20. The molecule has 0 radical (unpaired) electrons. The Morgan fingerprint density at radius 3 is 2.52 bits per heavy atom. The SMILES string of the molecule is CCOc1ccc(C(=O)c2c(CBr)n([O-])c3ccccc3[n+]2=O)cc1. The Morgan fingerprint density at radius 1 is 1.20 bits per heavy atom. The molecule has 7 heteroatoms. The molecule has 0 bridgehead atoms. The number of aromatic nitrogens is 2. The van der Waals surface area contributed by atoms with Gasteiger partial charge in [-0.1, -0.05) is 28.1 Å². The first-order chi connectivity index (χ1) is 12.1. The van der Waals surface area contributed by atoms with Gasteiger partial charge >= 0.3 is 5.69 Å². The van der Waals surface area contributed by atoms with Crippen LogP contribution >= 0.6 is 15.9 Å². The van der Waals surface area contributed by atoms with E-state index in [0.717, 1.165) is 0 Å². The number of halogens is 1. The minimum Gasteiger partial charge on any atom is -0.805 e. The van der Waals surface area contributed by atoms with Crippen LogP contribution in [0.4, 0.5) is 0 Å². The van der Waals surface area contributed by atoms with E-state index in [4.69, 9.17) is 4.74 Å². The molecule has 3 rings (SSSR count). The second kappa shape index (κ2) is 7.06. The summed E-state index contributed by atoms with van der Waals surface area (Å²) in [5, 5.41) is 12.7. The van der Waals surface area contributed by atoms with Gasteiger partial charge in [0.05, 0.1) is 16.4 Å². The number of rotatable bonds is 5. The second-order valence-corrected chi connectivity index (χ2v) is 5.85. The third-order valence-electron chi connectivity index (χ3n) is 3.81. The molecule has 0 aliphatic heterocycles. The molecule has 0 spiro atoms. The smallest absolute Gasteiger partial charge is 0.330 e. The Labute approximate surface area is 152 Å². The molecule has 0 amide bonds. The fourth-order valence-electron chi connectivity index (χ4n) is 2.63. The van der Waals surface area contributed by atoms with Gasteiger partial charge in [-0.3, -0.25) is 4.79 Å². The third-order valence-corrected chi connectivity index (χ3v) is 4.34. The van der Waals surface area contributed by atoms with Crippen molar-refractivity contribution >= 4 is 32.7 Å². The van der Waals surface area contributed by atoms with Crippen molar-refractivity contribution < 1.29 is 14.0 Å². The molecule has 128 valence electrons. The van der Waals surface area contributed by atoms with Crippen molar-refractivity contribution in [1.29, 1.82) is 0 Å². The van der Waals surface area contributed by atoms with Gasteiger partial charge in [0, 0.05) is 16.5 Å². The molecule has 0 aliphatic carbocycles. The molecular formula is C18H15BrN2O4. The van der Waals surface area contributed by atoms with Crippen molar-refractivity contribution in [2.24, 2.45) is 0 Å². The highest BCUT2D eigenvalue weighted by atomic mass is 79.9. The lowest BCUT2D eigenvalue weighted by atomic mass is 10.1. The van der Waals surface area contributed by atoms with Crippen molar-refractivity contribution in [3.63, 3.8) is 0 Å². The van der Waals surface area contributed by atoms with Crippen LogP contribution in [0.5, 0.6) is 5.75 Å². The van der Waals surface area contributed by atoms with Crippen LogP contribution in [0, 0.1) is 10.1 Å². The predicted octanol–water partition coefficient (Wildman–Crippen LogP) is 3.43. The number of carbonyl (C=O) groups is 1. The van der Waals surface area contributed by atoms with Crippen molar-refractivity contribution in [2.45, 2.75) is 12.3 Å². The molecular weight excluding hydrogens is 388 g/mol. The van der Waals surface area contributed by atoms with Crippen LogP contribution in [0.2, 0.25) is 0 Å². The lowest BCUT2D eigenvalue weighted by Crippen LogP contribution is -2.31. The average Bonchev–Trinajstić information content (AvgIpc) is 2.65. The maximum absolute atomic E-state index is 12.9. The number of para-hydroxylation sites is 2. The van der Waals surface area contributed by atoms with Gasteiger partial charge in [-0.2, -0.15) is 0 Å². The number of fused-ring (bicyclic) bond motifs is 1. The molecule has 0 saturated carbocycles. The molecule has 0 fully saturated rings. The molecule has 25 heavy (non-hydrogen) atoms. The van der Waals surface area contributed by atoms with E-state index in [1.165, 1.54) is 6.07 Å². The molecule has 1 heterocycles. The number of benzene rings is 2. The number of hydrogen-bond acceptors (Lipinski definition) is 4. The number of alkyl halides is 1.